The fourth-order valence-electron chi connectivity index (χ4n) is 2.01. The SMILES string of the molecule is CC(C)(C)c1ccc(-c2nnc(SCCCOCC(F)(F)F)o2)cc1. The summed E-state index contributed by atoms with van der Waals surface area (Å²) in [4.78, 5) is 0. The molecule has 0 aliphatic rings. The highest BCUT2D eigenvalue weighted by Crippen LogP contribution is 2.27. The van der Waals surface area contributed by atoms with Gasteiger partial charge in [0.25, 0.3) is 5.22 Å². The number of ether oxygens (including phenoxy) is 1. The molecule has 0 amide bonds. The molecule has 0 saturated heterocycles. The Morgan fingerprint density at radius 2 is 1.76 bits per heavy atom. The van der Waals surface area contributed by atoms with E-state index in [0.717, 1.165) is 5.56 Å². The van der Waals surface area contributed by atoms with Crippen LogP contribution in [0.3, 0.4) is 0 Å². The van der Waals surface area contributed by atoms with Crippen LogP contribution in [-0.2, 0) is 10.2 Å². The zero-order valence-corrected chi connectivity index (χ0v) is 15.2. The zero-order valence-electron chi connectivity index (χ0n) is 14.4. The van der Waals surface area contributed by atoms with Crippen LogP contribution in [0.25, 0.3) is 11.5 Å². The molecule has 0 radical (unpaired) electrons. The molecule has 0 fully saturated rings. The van der Waals surface area contributed by atoms with Crippen molar-refractivity contribution in [1.29, 1.82) is 0 Å². The summed E-state index contributed by atoms with van der Waals surface area (Å²) in [5, 5.41) is 8.35. The van der Waals surface area contributed by atoms with Crippen LogP contribution in [-0.4, -0.2) is 35.3 Å². The highest BCUT2D eigenvalue weighted by Gasteiger charge is 2.27. The third-order valence-corrected chi connectivity index (χ3v) is 4.23. The quantitative estimate of drug-likeness (QED) is 0.499. The van der Waals surface area contributed by atoms with Crippen molar-refractivity contribution in [3.63, 3.8) is 0 Å². The molecule has 2 aromatic rings. The van der Waals surface area contributed by atoms with Gasteiger partial charge in [-0.2, -0.15) is 13.2 Å². The van der Waals surface area contributed by atoms with Crippen LogP contribution in [0.4, 0.5) is 13.2 Å². The molecule has 0 unspecified atom stereocenters. The molecule has 8 heteroatoms. The van der Waals surface area contributed by atoms with Crippen molar-refractivity contribution in [2.75, 3.05) is 19.0 Å². The summed E-state index contributed by atoms with van der Waals surface area (Å²) in [5.74, 6) is 0.971. The number of nitrogens with zero attached hydrogens (tertiary/aromatic N) is 2. The first kappa shape index (κ1) is 19.8. The van der Waals surface area contributed by atoms with Gasteiger partial charge in [0.05, 0.1) is 0 Å². The van der Waals surface area contributed by atoms with Crippen molar-refractivity contribution in [2.45, 2.75) is 44.0 Å². The minimum Gasteiger partial charge on any atom is -0.411 e. The second-order valence-electron chi connectivity index (χ2n) is 6.57. The Balaban J connectivity index is 1.80. The molecule has 1 aromatic heterocycles. The monoisotopic (exact) mass is 374 g/mol. The number of hydrogen-bond acceptors (Lipinski definition) is 5. The minimum absolute atomic E-state index is 0.0434. The summed E-state index contributed by atoms with van der Waals surface area (Å²) >= 11 is 1.30. The number of halogens is 3. The second-order valence-corrected chi connectivity index (χ2v) is 7.62. The van der Waals surface area contributed by atoms with Gasteiger partial charge in [0, 0.05) is 17.9 Å². The summed E-state index contributed by atoms with van der Waals surface area (Å²) in [5.41, 5.74) is 2.12. The first-order valence-corrected chi connectivity index (χ1v) is 8.85. The molecule has 138 valence electrons. The van der Waals surface area contributed by atoms with E-state index in [1.54, 1.807) is 0 Å². The average Bonchev–Trinajstić information content (AvgIpc) is 2.98. The van der Waals surface area contributed by atoms with Gasteiger partial charge in [0.1, 0.15) is 6.61 Å². The lowest BCUT2D eigenvalue weighted by Gasteiger charge is -2.18. The van der Waals surface area contributed by atoms with E-state index in [1.165, 1.54) is 17.3 Å². The zero-order chi connectivity index (χ0) is 18.5. The molecule has 2 rings (SSSR count). The number of benzene rings is 1. The van der Waals surface area contributed by atoms with Gasteiger partial charge >= 0.3 is 6.18 Å². The molecule has 0 aliphatic carbocycles. The Labute approximate surface area is 149 Å². The summed E-state index contributed by atoms with van der Waals surface area (Å²) in [7, 11) is 0. The van der Waals surface area contributed by atoms with Gasteiger partial charge in [0.15, 0.2) is 0 Å². The van der Waals surface area contributed by atoms with Crippen LogP contribution in [0.2, 0.25) is 0 Å². The Hall–Kier alpha value is -1.54. The summed E-state index contributed by atoms with van der Waals surface area (Å²) in [6.07, 6.45) is -3.81. The van der Waals surface area contributed by atoms with E-state index in [0.29, 0.717) is 23.3 Å². The van der Waals surface area contributed by atoms with Crippen molar-refractivity contribution in [3.8, 4) is 11.5 Å². The van der Waals surface area contributed by atoms with E-state index in [-0.39, 0.29) is 12.0 Å². The van der Waals surface area contributed by atoms with Gasteiger partial charge in [-0.3, -0.25) is 0 Å². The topological polar surface area (TPSA) is 48.2 Å². The Bertz CT molecular complexity index is 664. The normalized spacial score (nSPS) is 12.6. The van der Waals surface area contributed by atoms with Gasteiger partial charge in [-0.25, -0.2) is 0 Å². The van der Waals surface area contributed by atoms with Crippen LogP contribution in [0.15, 0.2) is 33.9 Å². The highest BCUT2D eigenvalue weighted by molar-refractivity contribution is 7.99. The summed E-state index contributed by atoms with van der Waals surface area (Å²) in [6, 6.07) is 7.94. The van der Waals surface area contributed by atoms with Crippen LogP contribution in [0.5, 0.6) is 0 Å². The second kappa shape index (κ2) is 8.23. The third kappa shape index (κ3) is 6.70. The van der Waals surface area contributed by atoms with Gasteiger partial charge in [-0.05, 0) is 29.5 Å². The Kier molecular flexibility index (Phi) is 6.51. The van der Waals surface area contributed by atoms with Gasteiger partial charge in [0.2, 0.25) is 5.89 Å². The van der Waals surface area contributed by atoms with Gasteiger partial charge in [-0.15, -0.1) is 10.2 Å². The number of rotatable bonds is 7. The number of thioether (sulfide) groups is 1. The van der Waals surface area contributed by atoms with Crippen molar-refractivity contribution >= 4 is 11.8 Å². The molecule has 0 atom stereocenters. The molecule has 0 bridgehead atoms. The van der Waals surface area contributed by atoms with E-state index >= 15 is 0 Å². The maximum absolute atomic E-state index is 11.9. The molecular formula is C17H21F3N2O2S. The van der Waals surface area contributed by atoms with Crippen molar-refractivity contribution in [1.82, 2.24) is 10.2 Å². The van der Waals surface area contributed by atoms with E-state index in [1.807, 2.05) is 24.3 Å². The van der Waals surface area contributed by atoms with Crippen LogP contribution >= 0.6 is 11.8 Å². The van der Waals surface area contributed by atoms with Crippen molar-refractivity contribution < 1.29 is 22.3 Å². The summed E-state index contributed by atoms with van der Waals surface area (Å²) < 4.78 is 45.9. The molecule has 0 aliphatic heterocycles. The maximum Gasteiger partial charge on any atom is 0.411 e. The molecule has 0 saturated carbocycles. The van der Waals surface area contributed by atoms with Crippen LogP contribution in [0.1, 0.15) is 32.8 Å². The molecule has 1 aromatic carbocycles. The van der Waals surface area contributed by atoms with E-state index in [2.05, 4.69) is 35.7 Å². The van der Waals surface area contributed by atoms with E-state index in [4.69, 9.17) is 4.42 Å². The van der Waals surface area contributed by atoms with Gasteiger partial charge in [-0.1, -0.05) is 44.7 Å². The van der Waals surface area contributed by atoms with E-state index in [9.17, 15) is 13.2 Å². The molecule has 0 spiro atoms. The van der Waals surface area contributed by atoms with Crippen LogP contribution in [0, 0.1) is 0 Å². The number of alkyl halides is 3. The lowest BCUT2D eigenvalue weighted by atomic mass is 9.87. The fraction of sp³-hybridized carbons (Fsp3) is 0.529. The largest absolute Gasteiger partial charge is 0.411 e. The Morgan fingerprint density at radius 1 is 1.08 bits per heavy atom. The number of hydrogen-bond donors (Lipinski definition) is 0. The predicted molar refractivity (Wildman–Crippen MR) is 90.6 cm³/mol. The lowest BCUT2D eigenvalue weighted by molar-refractivity contribution is -0.173. The number of aromatic nitrogens is 2. The van der Waals surface area contributed by atoms with Crippen molar-refractivity contribution in [3.05, 3.63) is 29.8 Å². The van der Waals surface area contributed by atoms with Crippen LogP contribution < -0.4 is 0 Å². The molecule has 1 heterocycles. The first-order chi connectivity index (χ1) is 11.6. The molecular weight excluding hydrogens is 353 g/mol. The summed E-state index contributed by atoms with van der Waals surface area (Å²) in [6.45, 7) is 5.25. The standard InChI is InChI=1S/C17H21F3N2O2S/c1-16(2,3)13-7-5-12(6-8-13)14-21-22-15(24-14)25-10-4-9-23-11-17(18,19)20/h5-8H,4,9-11H2,1-3H3. The van der Waals surface area contributed by atoms with Gasteiger partial charge < -0.3 is 9.15 Å². The minimum atomic E-state index is -4.28. The third-order valence-electron chi connectivity index (χ3n) is 3.33. The fourth-order valence-corrected chi connectivity index (χ4v) is 2.68. The maximum atomic E-state index is 11.9. The lowest BCUT2D eigenvalue weighted by Crippen LogP contribution is -2.17. The average molecular weight is 374 g/mol. The molecule has 25 heavy (non-hydrogen) atoms. The smallest absolute Gasteiger partial charge is 0.411 e. The molecule has 4 nitrogen and oxygen atoms in total. The highest BCUT2D eigenvalue weighted by atomic mass is 32.2. The molecule has 0 N–H and O–H groups in total. The van der Waals surface area contributed by atoms with Crippen molar-refractivity contribution in [2.24, 2.45) is 0 Å². The predicted octanol–water partition coefficient (Wildman–Crippen LogP) is 5.10. The first-order valence-electron chi connectivity index (χ1n) is 7.87. The van der Waals surface area contributed by atoms with E-state index < -0.39 is 12.8 Å². The Morgan fingerprint density at radius 3 is 2.36 bits per heavy atom.